The molecular formula is C44H76NO10P. The van der Waals surface area contributed by atoms with Crippen LogP contribution in [-0.2, 0) is 37.5 Å². The number of quaternary nitrogens is 1. The number of carbonyl (C=O) groups is 3. The van der Waals surface area contributed by atoms with E-state index < -0.39 is 38.6 Å². The SMILES string of the molecule is CCCCCC/C=C\CCCCCCCC(=O)OC[C@H](COP(=O)([O-])OCC[N+](C)(C)C)OC(=O)CCC/C=C\C[C@H]1C=CC(=O)[C@@H]1/C=C/[C@@H](O)CCCCC. The molecule has 1 aliphatic rings. The molecule has 0 spiro atoms. The van der Waals surface area contributed by atoms with Gasteiger partial charge in [0.1, 0.15) is 19.8 Å². The topological polar surface area (TPSA) is 148 Å². The zero-order chi connectivity index (χ0) is 41.5. The number of aliphatic hydroxyl groups is 1. The van der Waals surface area contributed by atoms with Crippen LogP contribution in [0.5, 0.6) is 0 Å². The van der Waals surface area contributed by atoms with E-state index in [1.165, 1.54) is 25.7 Å². The van der Waals surface area contributed by atoms with E-state index in [9.17, 15) is 28.9 Å². The van der Waals surface area contributed by atoms with Crippen LogP contribution in [0.15, 0.2) is 48.6 Å². The summed E-state index contributed by atoms with van der Waals surface area (Å²) >= 11 is 0. The Morgan fingerprint density at radius 2 is 1.43 bits per heavy atom. The number of phosphoric acid groups is 1. The summed E-state index contributed by atoms with van der Waals surface area (Å²) in [6, 6.07) is 0. The van der Waals surface area contributed by atoms with Gasteiger partial charge in [-0.2, -0.15) is 0 Å². The van der Waals surface area contributed by atoms with Crippen LogP contribution in [0.3, 0.4) is 0 Å². The van der Waals surface area contributed by atoms with Crippen LogP contribution >= 0.6 is 7.82 Å². The number of hydrogen-bond acceptors (Lipinski definition) is 10. The van der Waals surface area contributed by atoms with E-state index in [2.05, 4.69) is 26.0 Å². The molecule has 1 rings (SSSR count). The molecule has 1 N–H and O–H groups in total. The lowest BCUT2D eigenvalue weighted by atomic mass is 9.90. The molecule has 11 nitrogen and oxygen atoms in total. The van der Waals surface area contributed by atoms with Crippen LogP contribution in [0.1, 0.15) is 142 Å². The van der Waals surface area contributed by atoms with Crippen molar-refractivity contribution in [3.8, 4) is 0 Å². The summed E-state index contributed by atoms with van der Waals surface area (Å²) < 4.78 is 33.8. The maximum Gasteiger partial charge on any atom is 0.306 e. The van der Waals surface area contributed by atoms with Gasteiger partial charge in [0, 0.05) is 18.8 Å². The molecule has 0 aromatic rings. The largest absolute Gasteiger partial charge is 0.756 e. The molecule has 0 fully saturated rings. The number of nitrogens with zero attached hydrogens (tertiary/aromatic N) is 1. The number of carbonyl (C=O) groups excluding carboxylic acids is 3. The Morgan fingerprint density at radius 1 is 0.821 bits per heavy atom. The number of ketones is 1. The molecule has 5 atom stereocenters. The van der Waals surface area contributed by atoms with Gasteiger partial charge in [-0.3, -0.25) is 18.9 Å². The van der Waals surface area contributed by atoms with E-state index in [0.29, 0.717) is 43.1 Å². The first-order valence-corrected chi connectivity index (χ1v) is 22.9. The normalized spacial score (nSPS) is 18.3. The molecular weight excluding hydrogens is 733 g/mol. The number of allylic oxidation sites excluding steroid dienone is 7. The van der Waals surface area contributed by atoms with E-state index in [0.717, 1.165) is 57.8 Å². The molecule has 0 bridgehead atoms. The number of phosphoric ester groups is 1. The second kappa shape index (κ2) is 31.6. The Labute approximate surface area is 339 Å². The average Bonchev–Trinajstić information content (AvgIpc) is 3.49. The van der Waals surface area contributed by atoms with Crippen molar-refractivity contribution < 1.29 is 52.0 Å². The molecule has 322 valence electrons. The lowest BCUT2D eigenvalue weighted by Crippen LogP contribution is -2.37. The number of rotatable bonds is 35. The molecule has 1 aliphatic carbocycles. The summed E-state index contributed by atoms with van der Waals surface area (Å²) in [5, 5.41) is 10.2. The molecule has 0 radical (unpaired) electrons. The van der Waals surface area contributed by atoms with Crippen molar-refractivity contribution >= 4 is 25.5 Å². The molecule has 0 saturated carbocycles. The Morgan fingerprint density at radius 3 is 2.12 bits per heavy atom. The third kappa shape index (κ3) is 28.9. The smallest absolute Gasteiger partial charge is 0.306 e. The van der Waals surface area contributed by atoms with Gasteiger partial charge in [0.15, 0.2) is 11.9 Å². The van der Waals surface area contributed by atoms with Gasteiger partial charge in [0.25, 0.3) is 7.82 Å². The Hall–Kier alpha value is -2.40. The maximum absolute atomic E-state index is 12.7. The standard InChI is InChI=1S/C44H76NO10P/c1-6-8-10-11-12-13-14-15-16-17-18-19-24-28-43(48)52-36-40(37-54-56(50,51)53-35-34-45(3,4)5)55-44(49)29-25-21-20-23-26-38-30-33-42(47)41(38)32-31-39(46)27-22-9-7-2/h13-14,20,23,30-33,38-41,46H,6-12,15-19,21-22,24-29,34-37H2,1-5H3/b14-13-,23-20-,32-31+/t38-,39-,40+,41+/m0/s1. The van der Waals surface area contributed by atoms with Crippen LogP contribution < -0.4 is 4.89 Å². The number of esters is 2. The number of likely N-dealkylation sites (N-methyl/N-ethyl adjacent to an activating group) is 1. The Kier molecular flexibility index (Phi) is 29.1. The fraction of sp³-hybridized carbons (Fsp3) is 0.750. The molecule has 1 unspecified atom stereocenters. The predicted molar refractivity (Wildman–Crippen MR) is 221 cm³/mol. The average molecular weight is 810 g/mol. The van der Waals surface area contributed by atoms with Gasteiger partial charge in [-0.25, -0.2) is 0 Å². The molecule has 56 heavy (non-hydrogen) atoms. The molecule has 0 aliphatic heterocycles. The zero-order valence-electron chi connectivity index (χ0n) is 35.4. The second-order valence-electron chi connectivity index (χ2n) is 16.0. The fourth-order valence-electron chi connectivity index (χ4n) is 6.05. The summed E-state index contributed by atoms with van der Waals surface area (Å²) in [6.45, 7) is 3.85. The summed E-state index contributed by atoms with van der Waals surface area (Å²) in [5.41, 5.74) is 0. The summed E-state index contributed by atoms with van der Waals surface area (Å²) in [5.74, 6) is -1.24. The first-order valence-electron chi connectivity index (χ1n) is 21.4. The van der Waals surface area contributed by atoms with Crippen LogP contribution in [-0.4, -0.2) is 87.0 Å². The zero-order valence-corrected chi connectivity index (χ0v) is 36.3. The Balaban J connectivity index is 2.51. The first kappa shape index (κ1) is 51.6. The van der Waals surface area contributed by atoms with Crippen molar-refractivity contribution in [3.63, 3.8) is 0 Å². The van der Waals surface area contributed by atoms with Crippen LogP contribution in [0.2, 0.25) is 0 Å². The monoisotopic (exact) mass is 810 g/mol. The number of ether oxygens (including phenoxy) is 2. The molecule has 0 saturated heterocycles. The number of hydrogen-bond donors (Lipinski definition) is 1. The molecule has 0 aromatic carbocycles. The summed E-state index contributed by atoms with van der Waals surface area (Å²) in [6.07, 6.45) is 32.0. The van der Waals surface area contributed by atoms with Gasteiger partial charge < -0.3 is 33.0 Å². The van der Waals surface area contributed by atoms with Crippen LogP contribution in [0, 0.1) is 11.8 Å². The van der Waals surface area contributed by atoms with Gasteiger partial charge in [-0.05, 0) is 69.8 Å². The van der Waals surface area contributed by atoms with E-state index in [1.54, 1.807) is 12.2 Å². The van der Waals surface area contributed by atoms with Gasteiger partial charge in [-0.15, -0.1) is 0 Å². The van der Waals surface area contributed by atoms with Crippen molar-refractivity contribution in [3.05, 3.63) is 48.6 Å². The quantitative estimate of drug-likeness (QED) is 0.0216. The maximum atomic E-state index is 12.7. The molecule has 0 aromatic heterocycles. The van der Waals surface area contributed by atoms with Crippen molar-refractivity contribution in [2.24, 2.45) is 11.8 Å². The van der Waals surface area contributed by atoms with E-state index in [4.69, 9.17) is 18.5 Å². The highest BCUT2D eigenvalue weighted by Crippen LogP contribution is 2.38. The Bertz CT molecular complexity index is 1240. The summed E-state index contributed by atoms with van der Waals surface area (Å²) in [4.78, 5) is 50.0. The third-order valence-electron chi connectivity index (χ3n) is 9.57. The molecule has 0 heterocycles. The minimum Gasteiger partial charge on any atom is -0.756 e. The van der Waals surface area contributed by atoms with Gasteiger partial charge >= 0.3 is 11.9 Å². The van der Waals surface area contributed by atoms with E-state index in [-0.39, 0.29) is 43.7 Å². The van der Waals surface area contributed by atoms with E-state index >= 15 is 0 Å². The minimum absolute atomic E-state index is 0.0157. The molecule has 0 amide bonds. The lowest BCUT2D eigenvalue weighted by molar-refractivity contribution is -0.870. The van der Waals surface area contributed by atoms with Gasteiger partial charge in [0.2, 0.25) is 0 Å². The first-order chi connectivity index (χ1) is 26.8. The highest BCUT2D eigenvalue weighted by atomic mass is 31.2. The van der Waals surface area contributed by atoms with Crippen LogP contribution in [0.25, 0.3) is 0 Å². The lowest BCUT2D eigenvalue weighted by Gasteiger charge is -2.28. The van der Waals surface area contributed by atoms with Gasteiger partial charge in [0.05, 0.1) is 33.9 Å². The van der Waals surface area contributed by atoms with Crippen molar-refractivity contribution in [1.82, 2.24) is 0 Å². The van der Waals surface area contributed by atoms with Gasteiger partial charge in [-0.1, -0.05) is 114 Å². The van der Waals surface area contributed by atoms with E-state index in [1.807, 2.05) is 45.4 Å². The van der Waals surface area contributed by atoms with Crippen molar-refractivity contribution in [2.45, 2.75) is 154 Å². The number of aliphatic hydroxyl groups excluding tert-OH is 1. The summed E-state index contributed by atoms with van der Waals surface area (Å²) in [7, 11) is 1.03. The van der Waals surface area contributed by atoms with Crippen molar-refractivity contribution in [1.29, 1.82) is 0 Å². The van der Waals surface area contributed by atoms with Crippen molar-refractivity contribution in [2.75, 3.05) is 47.5 Å². The minimum atomic E-state index is -4.68. The predicted octanol–water partition coefficient (Wildman–Crippen LogP) is 8.89. The highest BCUT2D eigenvalue weighted by molar-refractivity contribution is 7.45. The fourth-order valence-corrected chi connectivity index (χ4v) is 6.78. The third-order valence-corrected chi connectivity index (χ3v) is 10.5. The molecule has 12 heteroatoms. The second-order valence-corrected chi connectivity index (χ2v) is 17.4. The van der Waals surface area contributed by atoms with Crippen LogP contribution in [0.4, 0.5) is 0 Å². The highest BCUT2D eigenvalue weighted by Gasteiger charge is 2.27. The number of unbranched alkanes of at least 4 members (excludes halogenated alkanes) is 12.